The van der Waals surface area contributed by atoms with Crippen LogP contribution in [0.2, 0.25) is 0 Å². The van der Waals surface area contributed by atoms with Crippen molar-refractivity contribution in [3.8, 4) is 0 Å². The van der Waals surface area contributed by atoms with Gasteiger partial charge in [-0.2, -0.15) is 0 Å². The Morgan fingerprint density at radius 2 is 2.28 bits per heavy atom. The highest BCUT2D eigenvalue weighted by molar-refractivity contribution is 5.81. The van der Waals surface area contributed by atoms with Crippen LogP contribution in [0.4, 0.5) is 5.82 Å². The molecule has 0 aliphatic carbocycles. The van der Waals surface area contributed by atoms with Gasteiger partial charge in [0.05, 0.1) is 6.54 Å². The van der Waals surface area contributed by atoms with Gasteiger partial charge < -0.3 is 5.32 Å². The zero-order valence-electron chi connectivity index (χ0n) is 10.6. The van der Waals surface area contributed by atoms with Crippen LogP contribution in [0.3, 0.4) is 0 Å². The predicted molar refractivity (Wildman–Crippen MR) is 71.3 cm³/mol. The molecule has 2 rings (SSSR count). The summed E-state index contributed by atoms with van der Waals surface area (Å²) in [5, 5.41) is 11.4. The minimum Gasteiger partial charge on any atom is -0.368 e. The molecule has 0 bridgehead atoms. The van der Waals surface area contributed by atoms with E-state index >= 15 is 0 Å². The largest absolute Gasteiger partial charge is 0.368 e. The zero-order chi connectivity index (χ0) is 12.8. The SMILES string of the molecule is C=CCn1nnc2c(NCCCCC)ncnc21. The average molecular weight is 246 g/mol. The minimum atomic E-state index is 0.600. The van der Waals surface area contributed by atoms with Gasteiger partial charge in [-0.1, -0.05) is 31.1 Å². The van der Waals surface area contributed by atoms with Crippen molar-refractivity contribution in [3.63, 3.8) is 0 Å². The van der Waals surface area contributed by atoms with Gasteiger partial charge in [-0.3, -0.25) is 0 Å². The first-order valence-corrected chi connectivity index (χ1v) is 6.25. The topological polar surface area (TPSA) is 68.5 Å². The minimum absolute atomic E-state index is 0.600. The first-order valence-electron chi connectivity index (χ1n) is 6.25. The summed E-state index contributed by atoms with van der Waals surface area (Å²) in [5.41, 5.74) is 1.46. The number of aromatic nitrogens is 5. The van der Waals surface area contributed by atoms with E-state index in [9.17, 15) is 0 Å². The Balaban J connectivity index is 2.15. The molecule has 0 aromatic carbocycles. The summed E-state index contributed by atoms with van der Waals surface area (Å²) in [6.45, 7) is 7.37. The van der Waals surface area contributed by atoms with Crippen LogP contribution in [-0.2, 0) is 6.54 Å². The maximum absolute atomic E-state index is 4.21. The van der Waals surface area contributed by atoms with E-state index < -0.39 is 0 Å². The van der Waals surface area contributed by atoms with Gasteiger partial charge >= 0.3 is 0 Å². The van der Waals surface area contributed by atoms with E-state index in [1.165, 1.54) is 19.2 Å². The lowest BCUT2D eigenvalue weighted by atomic mass is 10.2. The van der Waals surface area contributed by atoms with Crippen molar-refractivity contribution in [2.45, 2.75) is 32.7 Å². The van der Waals surface area contributed by atoms with E-state index in [-0.39, 0.29) is 0 Å². The fourth-order valence-corrected chi connectivity index (χ4v) is 1.75. The number of nitrogens with one attached hydrogen (secondary N) is 1. The van der Waals surface area contributed by atoms with Crippen LogP contribution < -0.4 is 5.32 Å². The summed E-state index contributed by atoms with van der Waals surface area (Å²) >= 11 is 0. The van der Waals surface area contributed by atoms with Crippen LogP contribution in [0.15, 0.2) is 19.0 Å². The Kier molecular flexibility index (Phi) is 4.22. The second-order valence-electron chi connectivity index (χ2n) is 4.09. The Bertz CT molecular complexity index is 518. The van der Waals surface area contributed by atoms with Crippen LogP contribution in [0.25, 0.3) is 11.2 Å². The fraction of sp³-hybridized carbons (Fsp3) is 0.500. The number of hydrogen-bond acceptors (Lipinski definition) is 5. The van der Waals surface area contributed by atoms with E-state index in [2.05, 4.69) is 39.1 Å². The first-order chi connectivity index (χ1) is 8.86. The highest BCUT2D eigenvalue weighted by Gasteiger charge is 2.09. The molecule has 2 aromatic rings. The molecule has 2 aromatic heterocycles. The maximum atomic E-state index is 4.21. The Morgan fingerprint density at radius 3 is 3.06 bits per heavy atom. The predicted octanol–water partition coefficient (Wildman–Crippen LogP) is 2.01. The molecule has 0 aliphatic heterocycles. The van der Waals surface area contributed by atoms with Crippen molar-refractivity contribution in [1.82, 2.24) is 25.0 Å². The lowest BCUT2D eigenvalue weighted by molar-refractivity contribution is 0.677. The number of unbranched alkanes of at least 4 members (excludes halogenated alkanes) is 2. The smallest absolute Gasteiger partial charge is 0.184 e. The summed E-state index contributed by atoms with van der Waals surface area (Å²) in [5.74, 6) is 0.756. The third kappa shape index (κ3) is 2.64. The molecule has 0 saturated heterocycles. The van der Waals surface area contributed by atoms with Gasteiger partial charge in [0.1, 0.15) is 6.33 Å². The molecular weight excluding hydrogens is 228 g/mol. The molecule has 0 amide bonds. The molecule has 0 radical (unpaired) electrons. The zero-order valence-corrected chi connectivity index (χ0v) is 10.6. The first kappa shape index (κ1) is 12.5. The second-order valence-corrected chi connectivity index (χ2v) is 4.09. The van der Waals surface area contributed by atoms with Crippen molar-refractivity contribution in [2.24, 2.45) is 0 Å². The lowest BCUT2D eigenvalue weighted by Gasteiger charge is -2.04. The van der Waals surface area contributed by atoms with Gasteiger partial charge in [0.25, 0.3) is 0 Å². The Hall–Kier alpha value is -1.98. The molecule has 0 unspecified atom stereocenters. The lowest BCUT2D eigenvalue weighted by Crippen LogP contribution is -2.05. The molecule has 18 heavy (non-hydrogen) atoms. The van der Waals surface area contributed by atoms with E-state index in [4.69, 9.17) is 0 Å². The molecule has 1 N–H and O–H groups in total. The number of anilines is 1. The number of rotatable bonds is 7. The van der Waals surface area contributed by atoms with Gasteiger partial charge in [-0.05, 0) is 6.42 Å². The third-order valence-electron chi connectivity index (χ3n) is 2.67. The third-order valence-corrected chi connectivity index (χ3v) is 2.67. The van der Waals surface area contributed by atoms with Gasteiger partial charge in [0.2, 0.25) is 0 Å². The van der Waals surface area contributed by atoms with E-state index in [0.717, 1.165) is 29.9 Å². The van der Waals surface area contributed by atoms with Gasteiger partial charge in [0, 0.05) is 6.54 Å². The number of fused-ring (bicyclic) bond motifs is 1. The molecule has 0 atom stereocenters. The van der Waals surface area contributed by atoms with Crippen molar-refractivity contribution in [1.29, 1.82) is 0 Å². The van der Waals surface area contributed by atoms with Crippen LogP contribution in [0.5, 0.6) is 0 Å². The molecule has 0 aliphatic rings. The molecule has 6 nitrogen and oxygen atoms in total. The Morgan fingerprint density at radius 1 is 1.39 bits per heavy atom. The van der Waals surface area contributed by atoms with E-state index in [1.807, 2.05) is 0 Å². The van der Waals surface area contributed by atoms with Gasteiger partial charge in [0.15, 0.2) is 17.0 Å². The van der Waals surface area contributed by atoms with Crippen LogP contribution >= 0.6 is 0 Å². The molecular formula is C12H18N6. The van der Waals surface area contributed by atoms with E-state index in [0.29, 0.717) is 6.54 Å². The fourth-order valence-electron chi connectivity index (χ4n) is 1.75. The average Bonchev–Trinajstić information content (AvgIpc) is 2.79. The normalized spacial score (nSPS) is 10.7. The van der Waals surface area contributed by atoms with E-state index in [1.54, 1.807) is 10.8 Å². The highest BCUT2D eigenvalue weighted by Crippen LogP contribution is 2.15. The van der Waals surface area contributed by atoms with Gasteiger partial charge in [-0.15, -0.1) is 11.7 Å². The van der Waals surface area contributed by atoms with Crippen molar-refractivity contribution >= 4 is 17.0 Å². The monoisotopic (exact) mass is 246 g/mol. The summed E-state index contributed by atoms with van der Waals surface area (Å²) in [6, 6.07) is 0. The number of hydrogen-bond donors (Lipinski definition) is 1. The van der Waals surface area contributed by atoms with Crippen LogP contribution in [0.1, 0.15) is 26.2 Å². The van der Waals surface area contributed by atoms with Crippen molar-refractivity contribution < 1.29 is 0 Å². The van der Waals surface area contributed by atoms with Gasteiger partial charge in [-0.25, -0.2) is 14.6 Å². The molecule has 0 spiro atoms. The van der Waals surface area contributed by atoms with Crippen molar-refractivity contribution in [3.05, 3.63) is 19.0 Å². The summed E-state index contributed by atoms with van der Waals surface area (Å²) in [4.78, 5) is 8.42. The number of nitrogens with zero attached hydrogens (tertiary/aromatic N) is 5. The van der Waals surface area contributed by atoms with Crippen LogP contribution in [0, 0.1) is 0 Å². The molecule has 0 saturated carbocycles. The molecule has 6 heteroatoms. The van der Waals surface area contributed by atoms with Crippen LogP contribution in [-0.4, -0.2) is 31.5 Å². The quantitative estimate of drug-likeness (QED) is 0.598. The van der Waals surface area contributed by atoms with Crippen molar-refractivity contribution in [2.75, 3.05) is 11.9 Å². The maximum Gasteiger partial charge on any atom is 0.184 e. The molecule has 0 fully saturated rings. The molecule has 2 heterocycles. The molecule has 96 valence electrons. The highest BCUT2D eigenvalue weighted by atomic mass is 15.4. The summed E-state index contributed by atoms with van der Waals surface area (Å²) in [6.07, 6.45) is 6.85. The summed E-state index contributed by atoms with van der Waals surface area (Å²) in [7, 11) is 0. The summed E-state index contributed by atoms with van der Waals surface area (Å²) < 4.78 is 1.71. The standard InChI is InChI=1S/C12H18N6/c1-3-5-6-7-13-11-10-12(15-9-14-11)18(8-4-2)17-16-10/h4,9H,2-3,5-8H2,1H3,(H,13,14,15). The Labute approximate surface area is 106 Å². The number of allylic oxidation sites excluding steroid dienone is 1. The second kappa shape index (κ2) is 6.09.